The van der Waals surface area contributed by atoms with Crippen molar-refractivity contribution >= 4 is 11.9 Å². The largest absolute Gasteiger partial charge is 0.469 e. The summed E-state index contributed by atoms with van der Waals surface area (Å²) in [6.45, 7) is 3.89. The second-order valence-corrected chi connectivity index (χ2v) is 3.30. The van der Waals surface area contributed by atoms with Crippen molar-refractivity contribution in [1.82, 2.24) is 0 Å². The van der Waals surface area contributed by atoms with Gasteiger partial charge >= 0.3 is 11.9 Å². The fourth-order valence-corrected chi connectivity index (χ4v) is 1.22. The van der Waals surface area contributed by atoms with Crippen LogP contribution in [0, 0.1) is 11.8 Å². The third-order valence-corrected chi connectivity index (χ3v) is 2.45. The van der Waals surface area contributed by atoms with E-state index in [0.717, 1.165) is 6.42 Å². The third-order valence-electron chi connectivity index (χ3n) is 2.45. The lowest BCUT2D eigenvalue weighted by Crippen LogP contribution is -2.26. The molecule has 0 amide bonds. The van der Waals surface area contributed by atoms with Gasteiger partial charge in [0.15, 0.2) is 0 Å². The zero-order chi connectivity index (χ0) is 11.1. The quantitative estimate of drug-likeness (QED) is 0.632. The van der Waals surface area contributed by atoms with Gasteiger partial charge in [-0.1, -0.05) is 20.3 Å². The van der Waals surface area contributed by atoms with E-state index in [1.165, 1.54) is 14.2 Å². The average Bonchev–Trinajstić information content (AvgIpc) is 2.23. The Bertz CT molecular complexity index is 200. The minimum absolute atomic E-state index is 0.0954. The van der Waals surface area contributed by atoms with E-state index in [-0.39, 0.29) is 24.3 Å². The summed E-state index contributed by atoms with van der Waals surface area (Å²) < 4.78 is 9.16. The summed E-state index contributed by atoms with van der Waals surface area (Å²) in [6.07, 6.45) is 0.926. The van der Waals surface area contributed by atoms with Crippen LogP contribution in [0.1, 0.15) is 26.7 Å². The summed E-state index contributed by atoms with van der Waals surface area (Å²) in [6, 6.07) is 0. The number of carbonyl (C=O) groups excluding carboxylic acids is 2. The summed E-state index contributed by atoms with van der Waals surface area (Å²) >= 11 is 0. The molecule has 0 N–H and O–H groups in total. The molecule has 0 spiro atoms. The van der Waals surface area contributed by atoms with E-state index in [1.807, 2.05) is 13.8 Å². The fraction of sp³-hybridized carbons (Fsp3) is 0.800. The molecule has 0 aromatic rings. The Morgan fingerprint density at radius 3 is 2.14 bits per heavy atom. The summed E-state index contributed by atoms with van der Waals surface area (Å²) in [5.41, 5.74) is 0. The lowest BCUT2D eigenvalue weighted by Gasteiger charge is -2.18. The van der Waals surface area contributed by atoms with Gasteiger partial charge in [0.05, 0.1) is 26.6 Å². The summed E-state index contributed by atoms with van der Waals surface area (Å²) in [4.78, 5) is 22.4. The van der Waals surface area contributed by atoms with Crippen molar-refractivity contribution in [3.05, 3.63) is 0 Å². The lowest BCUT2D eigenvalue weighted by atomic mass is 9.89. The Balaban J connectivity index is 4.39. The van der Waals surface area contributed by atoms with E-state index >= 15 is 0 Å². The van der Waals surface area contributed by atoms with Gasteiger partial charge in [0.25, 0.3) is 0 Å². The highest BCUT2D eigenvalue weighted by Crippen LogP contribution is 2.20. The minimum Gasteiger partial charge on any atom is -0.469 e. The zero-order valence-electron chi connectivity index (χ0n) is 9.20. The van der Waals surface area contributed by atoms with Crippen LogP contribution in [0.25, 0.3) is 0 Å². The minimum atomic E-state index is -0.391. The molecule has 2 atom stereocenters. The number of methoxy groups -OCH3 is 2. The zero-order valence-corrected chi connectivity index (χ0v) is 9.20. The molecular weight excluding hydrogens is 184 g/mol. The first-order valence-corrected chi connectivity index (χ1v) is 4.71. The van der Waals surface area contributed by atoms with Gasteiger partial charge in [-0.05, 0) is 5.92 Å². The molecule has 0 aliphatic carbocycles. The van der Waals surface area contributed by atoms with Crippen LogP contribution in [-0.2, 0) is 19.1 Å². The van der Waals surface area contributed by atoms with Crippen LogP contribution in [0.4, 0.5) is 0 Å². The molecule has 0 bridgehead atoms. The van der Waals surface area contributed by atoms with Crippen LogP contribution in [0.15, 0.2) is 0 Å². The normalized spacial score (nSPS) is 14.3. The molecule has 82 valence electrons. The number of hydrogen-bond acceptors (Lipinski definition) is 4. The highest BCUT2D eigenvalue weighted by molar-refractivity contribution is 5.80. The fourth-order valence-electron chi connectivity index (χ4n) is 1.22. The van der Waals surface area contributed by atoms with Gasteiger partial charge in [0, 0.05) is 0 Å². The first-order chi connectivity index (χ1) is 6.56. The Kier molecular flexibility index (Phi) is 5.92. The van der Waals surface area contributed by atoms with Crippen LogP contribution in [-0.4, -0.2) is 26.2 Å². The van der Waals surface area contributed by atoms with Gasteiger partial charge in [-0.15, -0.1) is 0 Å². The molecule has 0 heterocycles. The highest BCUT2D eigenvalue weighted by atomic mass is 16.5. The Morgan fingerprint density at radius 2 is 1.79 bits per heavy atom. The van der Waals surface area contributed by atoms with Crippen LogP contribution < -0.4 is 0 Å². The maximum Gasteiger partial charge on any atom is 0.309 e. The van der Waals surface area contributed by atoms with Crippen LogP contribution in [0.5, 0.6) is 0 Å². The molecule has 2 unspecified atom stereocenters. The molecule has 14 heavy (non-hydrogen) atoms. The van der Waals surface area contributed by atoms with Crippen molar-refractivity contribution < 1.29 is 19.1 Å². The van der Waals surface area contributed by atoms with Gasteiger partial charge in [0.1, 0.15) is 0 Å². The summed E-state index contributed by atoms with van der Waals surface area (Å²) in [5.74, 6) is -0.982. The van der Waals surface area contributed by atoms with E-state index in [9.17, 15) is 9.59 Å². The average molecular weight is 202 g/mol. The Morgan fingerprint density at radius 1 is 1.21 bits per heavy atom. The molecule has 0 radical (unpaired) electrons. The van der Waals surface area contributed by atoms with Gasteiger partial charge < -0.3 is 9.47 Å². The Labute approximate surface area is 84.6 Å². The molecule has 0 aliphatic rings. The standard InChI is InChI=1S/C10H18O4/c1-5-7(2)8(10(12)14-4)6-9(11)13-3/h7-8H,5-6H2,1-4H3. The highest BCUT2D eigenvalue weighted by Gasteiger charge is 2.27. The molecule has 0 rings (SSSR count). The second kappa shape index (κ2) is 6.40. The Hall–Kier alpha value is -1.06. The van der Waals surface area contributed by atoms with Crippen molar-refractivity contribution in [2.75, 3.05) is 14.2 Å². The van der Waals surface area contributed by atoms with E-state index in [0.29, 0.717) is 0 Å². The number of carbonyl (C=O) groups is 2. The number of rotatable bonds is 5. The maximum absolute atomic E-state index is 11.3. The molecule has 0 saturated heterocycles. The monoisotopic (exact) mass is 202 g/mol. The number of ether oxygens (including phenoxy) is 2. The third kappa shape index (κ3) is 3.77. The van der Waals surface area contributed by atoms with E-state index in [4.69, 9.17) is 0 Å². The summed E-state index contributed by atoms with van der Waals surface area (Å²) in [7, 11) is 2.64. The molecule has 4 nitrogen and oxygen atoms in total. The van der Waals surface area contributed by atoms with Crippen LogP contribution in [0.3, 0.4) is 0 Å². The smallest absolute Gasteiger partial charge is 0.309 e. The van der Waals surface area contributed by atoms with E-state index < -0.39 is 5.92 Å². The molecule has 4 heteroatoms. The lowest BCUT2D eigenvalue weighted by molar-refractivity contribution is -0.153. The topological polar surface area (TPSA) is 52.6 Å². The van der Waals surface area contributed by atoms with Crippen molar-refractivity contribution in [2.45, 2.75) is 26.7 Å². The molecule has 0 aromatic carbocycles. The first kappa shape index (κ1) is 12.9. The number of hydrogen-bond donors (Lipinski definition) is 0. The number of esters is 2. The van der Waals surface area contributed by atoms with E-state index in [1.54, 1.807) is 0 Å². The van der Waals surface area contributed by atoms with Crippen molar-refractivity contribution in [3.8, 4) is 0 Å². The van der Waals surface area contributed by atoms with Crippen molar-refractivity contribution in [2.24, 2.45) is 11.8 Å². The molecule has 0 saturated carbocycles. The molecule has 0 fully saturated rings. The van der Waals surface area contributed by atoms with Gasteiger partial charge in [0.2, 0.25) is 0 Å². The molecule has 0 aromatic heterocycles. The van der Waals surface area contributed by atoms with Gasteiger partial charge in [-0.25, -0.2) is 0 Å². The maximum atomic E-state index is 11.3. The summed E-state index contributed by atoms with van der Waals surface area (Å²) in [5, 5.41) is 0. The van der Waals surface area contributed by atoms with Gasteiger partial charge in [-0.3, -0.25) is 9.59 Å². The van der Waals surface area contributed by atoms with Gasteiger partial charge in [-0.2, -0.15) is 0 Å². The second-order valence-electron chi connectivity index (χ2n) is 3.30. The van der Waals surface area contributed by atoms with Crippen LogP contribution in [0.2, 0.25) is 0 Å². The predicted octanol–water partition coefficient (Wildman–Crippen LogP) is 1.38. The molecule has 0 aliphatic heterocycles. The SMILES string of the molecule is CCC(C)C(CC(=O)OC)C(=O)OC. The molecular formula is C10H18O4. The van der Waals surface area contributed by atoms with Crippen LogP contribution >= 0.6 is 0 Å². The van der Waals surface area contributed by atoms with Crippen molar-refractivity contribution in [3.63, 3.8) is 0 Å². The predicted molar refractivity (Wildman–Crippen MR) is 51.6 cm³/mol. The van der Waals surface area contributed by atoms with Crippen molar-refractivity contribution in [1.29, 1.82) is 0 Å². The van der Waals surface area contributed by atoms with E-state index in [2.05, 4.69) is 9.47 Å². The first-order valence-electron chi connectivity index (χ1n) is 4.71.